The van der Waals surface area contributed by atoms with Crippen molar-refractivity contribution >= 4 is 10.0 Å². The first kappa shape index (κ1) is 14.9. The van der Waals surface area contributed by atoms with Crippen molar-refractivity contribution in [3.05, 3.63) is 24.0 Å². The van der Waals surface area contributed by atoms with Crippen molar-refractivity contribution in [3.63, 3.8) is 0 Å². The molecule has 0 spiro atoms. The number of hydrogen-bond donors (Lipinski definition) is 0. The average Bonchev–Trinajstić information content (AvgIpc) is 2.46. The maximum Gasteiger partial charge on any atom is 0.244 e. The quantitative estimate of drug-likeness (QED) is 0.819. The van der Waals surface area contributed by atoms with Gasteiger partial charge in [-0.15, -0.1) is 0 Å². The molecule has 1 aromatic heterocycles. The van der Waals surface area contributed by atoms with Crippen LogP contribution in [0.15, 0.2) is 23.2 Å². The third kappa shape index (κ3) is 2.98. The van der Waals surface area contributed by atoms with E-state index in [1.807, 2.05) is 13.1 Å². The van der Waals surface area contributed by atoms with Crippen LogP contribution in [0, 0.1) is 11.3 Å². The molecule has 0 N–H and O–H groups in total. The molecule has 108 valence electrons. The molecule has 2 heterocycles. The van der Waals surface area contributed by atoms with Crippen LogP contribution in [-0.4, -0.2) is 55.8 Å². The zero-order chi connectivity index (χ0) is 14.8. The third-order valence-corrected chi connectivity index (χ3v) is 5.54. The second-order valence-electron chi connectivity index (χ2n) is 5.07. The predicted octanol–water partition coefficient (Wildman–Crippen LogP) is 0.668. The minimum atomic E-state index is -3.55. The predicted molar refractivity (Wildman–Crippen MR) is 74.4 cm³/mol. The first-order chi connectivity index (χ1) is 9.45. The van der Waals surface area contributed by atoms with Crippen LogP contribution in [0.1, 0.15) is 18.5 Å². The van der Waals surface area contributed by atoms with Crippen LogP contribution in [0.4, 0.5) is 0 Å². The van der Waals surface area contributed by atoms with Crippen LogP contribution in [0.25, 0.3) is 0 Å². The van der Waals surface area contributed by atoms with Crippen molar-refractivity contribution in [1.82, 2.24) is 14.2 Å². The Morgan fingerprint density at radius 2 is 2.25 bits per heavy atom. The molecule has 1 fully saturated rings. The lowest BCUT2D eigenvalue weighted by Gasteiger charge is -2.35. The highest BCUT2D eigenvalue weighted by molar-refractivity contribution is 7.89. The van der Waals surface area contributed by atoms with Gasteiger partial charge in [-0.1, -0.05) is 0 Å². The van der Waals surface area contributed by atoms with Crippen LogP contribution in [-0.2, 0) is 10.0 Å². The number of pyridine rings is 1. The maximum atomic E-state index is 12.5. The SMILES string of the molecule is CN1CCCC(N(C)S(=O)(=O)c2ccc(C#N)nc2)C1. The molecule has 20 heavy (non-hydrogen) atoms. The largest absolute Gasteiger partial charge is 0.305 e. The molecule has 1 aliphatic heterocycles. The average molecular weight is 294 g/mol. The summed E-state index contributed by atoms with van der Waals surface area (Å²) in [6, 6.07) is 4.72. The first-order valence-electron chi connectivity index (χ1n) is 6.48. The van der Waals surface area contributed by atoms with E-state index in [1.54, 1.807) is 7.05 Å². The zero-order valence-corrected chi connectivity index (χ0v) is 12.5. The summed E-state index contributed by atoms with van der Waals surface area (Å²) >= 11 is 0. The van der Waals surface area contributed by atoms with Crippen LogP contribution < -0.4 is 0 Å². The maximum absolute atomic E-state index is 12.5. The highest BCUT2D eigenvalue weighted by atomic mass is 32.2. The number of likely N-dealkylation sites (N-methyl/N-ethyl adjacent to an activating group) is 2. The van der Waals surface area contributed by atoms with Gasteiger partial charge < -0.3 is 4.90 Å². The van der Waals surface area contributed by atoms with Gasteiger partial charge in [0.25, 0.3) is 0 Å². The van der Waals surface area contributed by atoms with E-state index in [2.05, 4.69) is 9.88 Å². The minimum absolute atomic E-state index is 0.0191. The molecule has 0 aliphatic carbocycles. The Labute approximate surface area is 119 Å². The summed E-state index contributed by atoms with van der Waals surface area (Å²) in [7, 11) is 0.0522. The molecule has 0 bridgehead atoms. The Balaban J connectivity index is 2.22. The first-order valence-corrected chi connectivity index (χ1v) is 7.92. The van der Waals surface area contributed by atoms with Crippen molar-refractivity contribution in [2.45, 2.75) is 23.8 Å². The zero-order valence-electron chi connectivity index (χ0n) is 11.7. The monoisotopic (exact) mass is 294 g/mol. The molecule has 0 amide bonds. The number of nitrogens with zero attached hydrogens (tertiary/aromatic N) is 4. The molecule has 1 aliphatic rings. The number of sulfonamides is 1. The van der Waals surface area contributed by atoms with Gasteiger partial charge in [-0.3, -0.25) is 0 Å². The van der Waals surface area contributed by atoms with Crippen LogP contribution in [0.5, 0.6) is 0 Å². The summed E-state index contributed by atoms with van der Waals surface area (Å²) in [5, 5.41) is 8.70. The molecule has 1 saturated heterocycles. The van der Waals surface area contributed by atoms with E-state index in [4.69, 9.17) is 5.26 Å². The molecule has 0 saturated carbocycles. The van der Waals surface area contributed by atoms with Gasteiger partial charge in [0.15, 0.2) is 0 Å². The number of hydrogen-bond acceptors (Lipinski definition) is 5. The Morgan fingerprint density at radius 3 is 2.80 bits per heavy atom. The summed E-state index contributed by atoms with van der Waals surface area (Å²) in [4.78, 5) is 6.10. The number of aromatic nitrogens is 1. The van der Waals surface area contributed by atoms with Gasteiger partial charge in [0.05, 0.1) is 0 Å². The lowest BCUT2D eigenvalue weighted by molar-refractivity contribution is 0.187. The van der Waals surface area contributed by atoms with Crippen molar-refractivity contribution in [2.24, 2.45) is 0 Å². The van der Waals surface area contributed by atoms with E-state index in [9.17, 15) is 8.42 Å². The molecule has 0 radical (unpaired) electrons. The molecule has 1 atom stereocenters. The lowest BCUT2D eigenvalue weighted by atomic mass is 10.1. The molecule has 2 rings (SSSR count). The highest BCUT2D eigenvalue weighted by Crippen LogP contribution is 2.21. The van der Waals surface area contributed by atoms with E-state index in [0.29, 0.717) is 0 Å². The van der Waals surface area contributed by atoms with E-state index in [-0.39, 0.29) is 16.6 Å². The fourth-order valence-electron chi connectivity index (χ4n) is 2.40. The summed E-state index contributed by atoms with van der Waals surface area (Å²) in [5.74, 6) is 0. The van der Waals surface area contributed by atoms with Crippen LogP contribution >= 0.6 is 0 Å². The minimum Gasteiger partial charge on any atom is -0.305 e. The highest BCUT2D eigenvalue weighted by Gasteiger charge is 2.30. The fourth-order valence-corrected chi connectivity index (χ4v) is 3.72. The summed E-state index contributed by atoms with van der Waals surface area (Å²) in [6.07, 6.45) is 3.10. The second kappa shape index (κ2) is 5.87. The van der Waals surface area contributed by atoms with Crippen molar-refractivity contribution in [2.75, 3.05) is 27.2 Å². The van der Waals surface area contributed by atoms with Gasteiger partial charge in [-0.05, 0) is 38.6 Å². The van der Waals surface area contributed by atoms with Gasteiger partial charge in [0, 0.05) is 25.8 Å². The van der Waals surface area contributed by atoms with E-state index >= 15 is 0 Å². The van der Waals surface area contributed by atoms with Gasteiger partial charge in [-0.2, -0.15) is 9.57 Å². The molecular formula is C13H18N4O2S. The van der Waals surface area contributed by atoms with Crippen molar-refractivity contribution < 1.29 is 8.42 Å². The van der Waals surface area contributed by atoms with Gasteiger partial charge in [0.2, 0.25) is 10.0 Å². The normalized spacial score (nSPS) is 20.8. The van der Waals surface area contributed by atoms with Gasteiger partial charge in [-0.25, -0.2) is 13.4 Å². The van der Waals surface area contributed by atoms with E-state index in [1.165, 1.54) is 22.6 Å². The smallest absolute Gasteiger partial charge is 0.244 e. The molecule has 7 heteroatoms. The Morgan fingerprint density at radius 1 is 1.50 bits per heavy atom. The standard InChI is InChI=1S/C13H18N4O2S/c1-16-7-3-4-12(10-16)17(2)20(18,19)13-6-5-11(8-14)15-9-13/h5-6,9,12H,3-4,7,10H2,1-2H3. The molecule has 0 aromatic carbocycles. The van der Waals surface area contributed by atoms with Gasteiger partial charge >= 0.3 is 0 Å². The fraction of sp³-hybridized carbons (Fsp3) is 0.538. The van der Waals surface area contributed by atoms with Gasteiger partial charge in [0.1, 0.15) is 16.7 Å². The number of piperidine rings is 1. The third-order valence-electron chi connectivity index (χ3n) is 3.64. The molecule has 1 aromatic rings. The second-order valence-corrected chi connectivity index (χ2v) is 7.07. The lowest BCUT2D eigenvalue weighted by Crippen LogP contribution is -2.47. The molecular weight excluding hydrogens is 276 g/mol. The number of likely N-dealkylation sites (tertiary alicyclic amines) is 1. The van der Waals surface area contributed by atoms with E-state index in [0.717, 1.165) is 25.9 Å². The summed E-state index contributed by atoms with van der Waals surface area (Å²) in [6.45, 7) is 1.74. The van der Waals surface area contributed by atoms with Crippen LogP contribution in [0.2, 0.25) is 0 Å². The molecule has 1 unspecified atom stereocenters. The Bertz CT molecular complexity index is 606. The number of rotatable bonds is 3. The summed E-state index contributed by atoms with van der Waals surface area (Å²) in [5.41, 5.74) is 0.212. The Hall–Kier alpha value is -1.49. The topological polar surface area (TPSA) is 77.3 Å². The van der Waals surface area contributed by atoms with Crippen LogP contribution in [0.3, 0.4) is 0 Å². The van der Waals surface area contributed by atoms with Crippen molar-refractivity contribution in [3.8, 4) is 6.07 Å². The Kier molecular flexibility index (Phi) is 4.38. The number of nitriles is 1. The molecule has 6 nitrogen and oxygen atoms in total. The van der Waals surface area contributed by atoms with Crippen molar-refractivity contribution in [1.29, 1.82) is 5.26 Å². The van der Waals surface area contributed by atoms with E-state index < -0.39 is 10.0 Å². The summed E-state index contributed by atoms with van der Waals surface area (Å²) < 4.78 is 26.5.